The van der Waals surface area contributed by atoms with E-state index in [1.54, 1.807) is 7.11 Å². The van der Waals surface area contributed by atoms with E-state index in [0.29, 0.717) is 32.0 Å². The second-order valence-electron chi connectivity index (χ2n) is 8.68. The molecule has 1 heterocycles. The van der Waals surface area contributed by atoms with Crippen LogP contribution in [0.3, 0.4) is 0 Å². The fourth-order valence-corrected chi connectivity index (χ4v) is 3.93. The van der Waals surface area contributed by atoms with Crippen molar-refractivity contribution in [2.75, 3.05) is 45.2 Å². The number of ether oxygens (including phenoxy) is 1. The lowest BCUT2D eigenvalue weighted by Crippen LogP contribution is -2.38. The molecule has 0 atom stereocenters. The third-order valence-corrected chi connectivity index (χ3v) is 5.96. The van der Waals surface area contributed by atoms with Gasteiger partial charge in [-0.05, 0) is 54.2 Å². The van der Waals surface area contributed by atoms with Gasteiger partial charge in [-0.1, -0.05) is 38.1 Å². The van der Waals surface area contributed by atoms with Gasteiger partial charge in [-0.15, -0.1) is 0 Å². The molecular weight excluding hydrogens is 402 g/mol. The Morgan fingerprint density at radius 1 is 0.969 bits per heavy atom. The highest BCUT2D eigenvalue weighted by molar-refractivity contribution is 5.92. The van der Waals surface area contributed by atoms with Gasteiger partial charge in [-0.2, -0.15) is 0 Å². The van der Waals surface area contributed by atoms with Crippen LogP contribution in [0, 0.1) is 0 Å². The van der Waals surface area contributed by atoms with Crippen molar-refractivity contribution in [2.24, 2.45) is 0 Å². The number of carbonyl (C=O) groups excluding carboxylic acids is 2. The Hall–Kier alpha value is -2.86. The number of carbonyl (C=O) groups is 2. The first-order valence-electron chi connectivity index (χ1n) is 11.5. The van der Waals surface area contributed by atoms with Crippen molar-refractivity contribution in [1.82, 2.24) is 9.80 Å². The summed E-state index contributed by atoms with van der Waals surface area (Å²) in [5.41, 5.74) is 3.21. The number of aryl methyl sites for hydroxylation is 1. The number of nitrogens with one attached hydrogen (secondary N) is 1. The van der Waals surface area contributed by atoms with Gasteiger partial charge in [-0.3, -0.25) is 14.5 Å². The van der Waals surface area contributed by atoms with Gasteiger partial charge in [-0.25, -0.2) is 0 Å². The quantitative estimate of drug-likeness (QED) is 0.680. The lowest BCUT2D eigenvalue weighted by Gasteiger charge is -2.22. The van der Waals surface area contributed by atoms with Crippen molar-refractivity contribution >= 4 is 17.5 Å². The maximum atomic E-state index is 12.7. The van der Waals surface area contributed by atoms with E-state index >= 15 is 0 Å². The SMILES string of the molecule is COc1ccc(CCC(=O)N2CCCN(CC(=O)Nc3ccc(C(C)C)cc3)CC2)cc1. The lowest BCUT2D eigenvalue weighted by molar-refractivity contribution is -0.131. The molecule has 1 saturated heterocycles. The lowest BCUT2D eigenvalue weighted by atomic mass is 10.0. The number of benzene rings is 2. The number of nitrogens with zero attached hydrogens (tertiary/aromatic N) is 2. The summed E-state index contributed by atoms with van der Waals surface area (Å²) in [5.74, 6) is 1.46. The van der Waals surface area contributed by atoms with Crippen LogP contribution in [0.1, 0.15) is 43.7 Å². The van der Waals surface area contributed by atoms with Gasteiger partial charge in [0, 0.05) is 38.3 Å². The molecule has 0 bridgehead atoms. The molecule has 3 rings (SSSR count). The normalized spacial score (nSPS) is 14.8. The zero-order valence-corrected chi connectivity index (χ0v) is 19.5. The number of hydrogen-bond donors (Lipinski definition) is 1. The van der Waals surface area contributed by atoms with Crippen molar-refractivity contribution in [3.05, 3.63) is 59.7 Å². The summed E-state index contributed by atoms with van der Waals surface area (Å²) in [4.78, 5) is 29.3. The molecular formula is C26H35N3O3. The highest BCUT2D eigenvalue weighted by atomic mass is 16.5. The molecule has 2 aromatic carbocycles. The Kier molecular flexibility index (Phi) is 8.68. The van der Waals surface area contributed by atoms with Crippen molar-refractivity contribution < 1.29 is 14.3 Å². The molecule has 6 heteroatoms. The minimum absolute atomic E-state index is 0.0124. The summed E-state index contributed by atoms with van der Waals surface area (Å²) < 4.78 is 5.18. The Bertz CT molecular complexity index is 878. The molecule has 0 aliphatic carbocycles. The van der Waals surface area contributed by atoms with Gasteiger partial charge in [0.1, 0.15) is 5.75 Å². The second-order valence-corrected chi connectivity index (χ2v) is 8.68. The Labute approximate surface area is 191 Å². The molecule has 1 fully saturated rings. The monoisotopic (exact) mass is 437 g/mol. The molecule has 2 aromatic rings. The summed E-state index contributed by atoms with van der Waals surface area (Å²) in [6.45, 7) is 7.60. The molecule has 1 N–H and O–H groups in total. The average molecular weight is 438 g/mol. The highest BCUT2D eigenvalue weighted by Crippen LogP contribution is 2.17. The second kappa shape index (κ2) is 11.7. The van der Waals surface area contributed by atoms with E-state index < -0.39 is 0 Å². The van der Waals surface area contributed by atoms with Crippen molar-refractivity contribution in [3.8, 4) is 5.75 Å². The molecule has 1 aliphatic rings. The van der Waals surface area contributed by atoms with E-state index in [4.69, 9.17) is 4.74 Å². The van der Waals surface area contributed by atoms with E-state index in [0.717, 1.165) is 42.9 Å². The standard InChI is InChI=1S/C26H35N3O3/c1-20(2)22-8-10-23(11-9-22)27-25(30)19-28-15-4-16-29(18-17-28)26(31)14-7-21-5-12-24(32-3)13-6-21/h5-6,8-13,20H,4,7,14-19H2,1-3H3,(H,27,30). The third kappa shape index (κ3) is 7.09. The molecule has 0 saturated carbocycles. The van der Waals surface area contributed by atoms with Gasteiger partial charge in [0.05, 0.1) is 13.7 Å². The van der Waals surface area contributed by atoms with Crippen LogP contribution < -0.4 is 10.1 Å². The largest absolute Gasteiger partial charge is 0.497 e. The average Bonchev–Trinajstić information content (AvgIpc) is 3.03. The Balaban J connectivity index is 1.42. The van der Waals surface area contributed by atoms with E-state index in [1.165, 1.54) is 5.56 Å². The van der Waals surface area contributed by atoms with Crippen LogP contribution >= 0.6 is 0 Å². The van der Waals surface area contributed by atoms with Crippen LogP contribution in [0.25, 0.3) is 0 Å². The van der Waals surface area contributed by atoms with Crippen LogP contribution in [-0.4, -0.2) is 61.4 Å². The van der Waals surface area contributed by atoms with Gasteiger partial charge in [0.25, 0.3) is 0 Å². The first-order valence-corrected chi connectivity index (χ1v) is 11.5. The van der Waals surface area contributed by atoms with Gasteiger partial charge in [0.2, 0.25) is 11.8 Å². The van der Waals surface area contributed by atoms with Crippen LogP contribution in [0.5, 0.6) is 5.75 Å². The summed E-state index contributed by atoms with van der Waals surface area (Å²) in [6.07, 6.45) is 2.10. The minimum atomic E-state index is -0.0124. The number of hydrogen-bond acceptors (Lipinski definition) is 4. The van der Waals surface area contributed by atoms with Crippen LogP contribution in [0.15, 0.2) is 48.5 Å². The summed E-state index contributed by atoms with van der Waals surface area (Å²) in [6, 6.07) is 15.9. The number of anilines is 1. The van der Waals surface area contributed by atoms with Gasteiger partial charge >= 0.3 is 0 Å². The molecule has 0 aromatic heterocycles. The Morgan fingerprint density at radius 3 is 2.34 bits per heavy atom. The van der Waals surface area contributed by atoms with Crippen molar-refractivity contribution in [2.45, 2.75) is 39.0 Å². The minimum Gasteiger partial charge on any atom is -0.497 e. The maximum Gasteiger partial charge on any atom is 0.238 e. The molecule has 0 radical (unpaired) electrons. The fraction of sp³-hybridized carbons (Fsp3) is 0.462. The van der Waals surface area contributed by atoms with Crippen molar-refractivity contribution in [1.29, 1.82) is 0 Å². The number of methoxy groups -OCH3 is 1. The van der Waals surface area contributed by atoms with E-state index in [-0.39, 0.29) is 11.8 Å². The predicted octanol–water partition coefficient (Wildman–Crippen LogP) is 3.92. The number of amides is 2. The van der Waals surface area contributed by atoms with E-state index in [9.17, 15) is 9.59 Å². The first kappa shape index (κ1) is 23.8. The van der Waals surface area contributed by atoms with Gasteiger partial charge in [0.15, 0.2) is 0 Å². The van der Waals surface area contributed by atoms with Gasteiger partial charge < -0.3 is 15.0 Å². The van der Waals surface area contributed by atoms with Crippen molar-refractivity contribution in [3.63, 3.8) is 0 Å². The zero-order valence-electron chi connectivity index (χ0n) is 19.5. The number of rotatable bonds is 8. The molecule has 1 aliphatic heterocycles. The Morgan fingerprint density at radius 2 is 1.69 bits per heavy atom. The molecule has 172 valence electrons. The van der Waals surface area contributed by atoms with Crippen LogP contribution in [-0.2, 0) is 16.0 Å². The smallest absolute Gasteiger partial charge is 0.238 e. The molecule has 32 heavy (non-hydrogen) atoms. The van der Waals surface area contributed by atoms with Crippen LogP contribution in [0.4, 0.5) is 5.69 Å². The maximum absolute atomic E-state index is 12.7. The van der Waals surface area contributed by atoms with E-state index in [2.05, 4.69) is 36.2 Å². The first-order chi connectivity index (χ1) is 15.4. The predicted molar refractivity (Wildman–Crippen MR) is 128 cm³/mol. The summed E-state index contributed by atoms with van der Waals surface area (Å²) >= 11 is 0. The highest BCUT2D eigenvalue weighted by Gasteiger charge is 2.20. The molecule has 0 unspecified atom stereocenters. The summed E-state index contributed by atoms with van der Waals surface area (Å²) in [7, 11) is 1.65. The summed E-state index contributed by atoms with van der Waals surface area (Å²) in [5, 5.41) is 2.99. The molecule has 0 spiro atoms. The van der Waals surface area contributed by atoms with Crippen LogP contribution in [0.2, 0.25) is 0 Å². The zero-order chi connectivity index (χ0) is 22.9. The molecule has 2 amide bonds. The fourth-order valence-electron chi connectivity index (χ4n) is 3.93. The topological polar surface area (TPSA) is 61.9 Å². The third-order valence-electron chi connectivity index (χ3n) is 5.96. The van der Waals surface area contributed by atoms with E-state index in [1.807, 2.05) is 41.3 Å². The molecule has 6 nitrogen and oxygen atoms in total.